The number of ether oxygens (including phenoxy) is 1. The number of esters is 1. The average molecular weight is 368 g/mol. The van der Waals surface area contributed by atoms with Gasteiger partial charge in [0, 0.05) is 6.54 Å². The van der Waals surface area contributed by atoms with Crippen LogP contribution in [0.25, 0.3) is 22.2 Å². The topological polar surface area (TPSA) is 83.0 Å². The summed E-state index contributed by atoms with van der Waals surface area (Å²) < 4.78 is 7.47. The summed E-state index contributed by atoms with van der Waals surface area (Å²) in [5, 5.41) is 0. The number of nitrogen functional groups attached to an aromatic ring is 1. The van der Waals surface area contributed by atoms with Gasteiger partial charge in [-0.2, -0.15) is 0 Å². The van der Waals surface area contributed by atoms with Gasteiger partial charge in [0.2, 0.25) is 0 Å². The van der Waals surface area contributed by atoms with Crippen molar-refractivity contribution in [2.75, 3.05) is 12.3 Å². The van der Waals surface area contributed by atoms with E-state index >= 15 is 0 Å². The zero-order valence-electron chi connectivity index (χ0n) is 16.5. The number of para-hydroxylation sites is 2. The number of nitrogens with zero attached hydrogens (tertiary/aromatic N) is 3. The molecular formula is C21H28N4O2. The summed E-state index contributed by atoms with van der Waals surface area (Å²) in [4.78, 5) is 22.3. The molecule has 2 heterocycles. The first kappa shape index (κ1) is 19.1. The van der Waals surface area contributed by atoms with Crippen LogP contribution in [-0.4, -0.2) is 27.1 Å². The molecule has 0 saturated heterocycles. The fourth-order valence-electron chi connectivity index (χ4n) is 3.26. The third-order valence-electron chi connectivity index (χ3n) is 4.95. The highest BCUT2D eigenvalue weighted by atomic mass is 16.5. The first-order chi connectivity index (χ1) is 13.0. The molecule has 27 heavy (non-hydrogen) atoms. The fourth-order valence-corrected chi connectivity index (χ4v) is 3.26. The molecule has 0 saturated carbocycles. The molecule has 0 aliphatic rings. The predicted octanol–water partition coefficient (Wildman–Crippen LogP) is 4.42. The van der Waals surface area contributed by atoms with Crippen molar-refractivity contribution in [3.05, 3.63) is 29.8 Å². The summed E-state index contributed by atoms with van der Waals surface area (Å²) >= 11 is 0. The molecule has 144 valence electrons. The highest BCUT2D eigenvalue weighted by Gasteiger charge is 2.25. The Labute approximate surface area is 159 Å². The first-order valence-electron chi connectivity index (χ1n) is 9.67. The largest absolute Gasteiger partial charge is 0.462 e. The van der Waals surface area contributed by atoms with Crippen molar-refractivity contribution >= 4 is 34.0 Å². The van der Waals surface area contributed by atoms with E-state index in [4.69, 9.17) is 20.4 Å². The molecule has 3 rings (SSSR count). The van der Waals surface area contributed by atoms with E-state index < -0.39 is 5.97 Å². The smallest absolute Gasteiger partial charge is 0.344 e. The van der Waals surface area contributed by atoms with Gasteiger partial charge < -0.3 is 15.0 Å². The normalized spacial score (nSPS) is 11.8. The van der Waals surface area contributed by atoms with E-state index in [-0.39, 0.29) is 0 Å². The Kier molecular flexibility index (Phi) is 5.63. The molecule has 0 radical (unpaired) electrons. The number of carbonyl (C=O) groups is 1. The number of rotatable bonds is 7. The van der Waals surface area contributed by atoms with Gasteiger partial charge in [0.25, 0.3) is 0 Å². The van der Waals surface area contributed by atoms with Gasteiger partial charge in [-0.15, -0.1) is 0 Å². The average Bonchev–Trinajstić information content (AvgIpc) is 2.91. The maximum Gasteiger partial charge on any atom is 0.344 e. The lowest BCUT2D eigenvalue weighted by atomic mass is 10.1. The molecule has 0 aliphatic heterocycles. The van der Waals surface area contributed by atoms with Crippen molar-refractivity contribution in [3.63, 3.8) is 0 Å². The van der Waals surface area contributed by atoms with Crippen LogP contribution in [0.15, 0.2) is 24.3 Å². The molecule has 2 aromatic heterocycles. The number of hydrogen-bond donors (Lipinski definition) is 1. The van der Waals surface area contributed by atoms with Crippen molar-refractivity contribution in [1.29, 1.82) is 0 Å². The number of carbonyl (C=O) groups excluding carboxylic acids is 1. The SMILES string of the molecule is CCC(CC)COC(=O)c1c(N)n(CC(C)C)c2nc3ccccc3nc12. The Hall–Kier alpha value is -2.63. The first-order valence-corrected chi connectivity index (χ1v) is 9.67. The zero-order valence-corrected chi connectivity index (χ0v) is 16.5. The number of fused-ring (bicyclic) bond motifs is 2. The second-order valence-electron chi connectivity index (χ2n) is 7.43. The fraction of sp³-hybridized carbons (Fsp3) is 0.476. The number of anilines is 1. The van der Waals surface area contributed by atoms with Gasteiger partial charge in [0.05, 0.1) is 17.6 Å². The molecule has 0 spiro atoms. The van der Waals surface area contributed by atoms with Crippen LogP contribution in [0, 0.1) is 11.8 Å². The molecule has 3 aromatic rings. The Bertz CT molecular complexity index is 958. The summed E-state index contributed by atoms with van der Waals surface area (Å²) in [7, 11) is 0. The van der Waals surface area contributed by atoms with Gasteiger partial charge >= 0.3 is 5.97 Å². The van der Waals surface area contributed by atoms with Gasteiger partial charge in [-0.25, -0.2) is 14.8 Å². The zero-order chi connectivity index (χ0) is 19.6. The van der Waals surface area contributed by atoms with Crippen LogP contribution < -0.4 is 5.73 Å². The van der Waals surface area contributed by atoms with Gasteiger partial charge in [-0.05, 0) is 24.0 Å². The van der Waals surface area contributed by atoms with E-state index in [1.165, 1.54) is 0 Å². The van der Waals surface area contributed by atoms with Crippen LogP contribution in [-0.2, 0) is 11.3 Å². The molecule has 0 unspecified atom stereocenters. The van der Waals surface area contributed by atoms with Crippen LogP contribution in [0.5, 0.6) is 0 Å². The maximum atomic E-state index is 12.9. The summed E-state index contributed by atoms with van der Waals surface area (Å²) in [5.41, 5.74) is 9.38. The Morgan fingerprint density at radius 3 is 2.37 bits per heavy atom. The minimum Gasteiger partial charge on any atom is -0.462 e. The molecule has 1 aromatic carbocycles. The van der Waals surface area contributed by atoms with Crippen LogP contribution in [0.1, 0.15) is 50.9 Å². The van der Waals surface area contributed by atoms with Gasteiger partial charge in [0.1, 0.15) is 16.9 Å². The summed E-state index contributed by atoms with van der Waals surface area (Å²) in [5.74, 6) is 0.663. The van der Waals surface area contributed by atoms with E-state index in [0.717, 1.165) is 23.9 Å². The molecular weight excluding hydrogens is 340 g/mol. The van der Waals surface area contributed by atoms with E-state index in [9.17, 15) is 4.79 Å². The van der Waals surface area contributed by atoms with Crippen LogP contribution in [0.3, 0.4) is 0 Å². The van der Waals surface area contributed by atoms with Crippen LogP contribution in [0.2, 0.25) is 0 Å². The van der Waals surface area contributed by atoms with E-state index in [1.807, 2.05) is 28.8 Å². The van der Waals surface area contributed by atoms with Crippen molar-refractivity contribution in [3.8, 4) is 0 Å². The summed E-state index contributed by atoms with van der Waals surface area (Å²) in [6.45, 7) is 9.46. The minimum absolute atomic E-state index is 0.329. The minimum atomic E-state index is -0.420. The van der Waals surface area contributed by atoms with E-state index in [2.05, 4.69) is 27.7 Å². The Morgan fingerprint density at radius 1 is 1.15 bits per heavy atom. The van der Waals surface area contributed by atoms with Gasteiger partial charge in [0.15, 0.2) is 5.65 Å². The molecule has 0 aliphatic carbocycles. The molecule has 2 N–H and O–H groups in total. The Morgan fingerprint density at radius 2 is 1.78 bits per heavy atom. The van der Waals surface area contributed by atoms with Gasteiger partial charge in [-0.3, -0.25) is 0 Å². The second-order valence-corrected chi connectivity index (χ2v) is 7.43. The number of nitrogens with two attached hydrogens (primary N) is 1. The quantitative estimate of drug-likeness (QED) is 0.624. The lowest BCUT2D eigenvalue weighted by Crippen LogP contribution is -2.15. The lowest BCUT2D eigenvalue weighted by molar-refractivity contribution is 0.0436. The van der Waals surface area contributed by atoms with E-state index in [1.54, 1.807) is 0 Å². The van der Waals surface area contributed by atoms with Crippen molar-refractivity contribution in [2.24, 2.45) is 11.8 Å². The predicted molar refractivity (Wildman–Crippen MR) is 109 cm³/mol. The maximum absolute atomic E-state index is 12.9. The van der Waals surface area contributed by atoms with Crippen LogP contribution >= 0.6 is 0 Å². The molecule has 0 fully saturated rings. The third kappa shape index (κ3) is 3.75. The second kappa shape index (κ2) is 7.94. The van der Waals surface area contributed by atoms with Crippen LogP contribution in [0.4, 0.5) is 5.82 Å². The molecule has 6 heteroatoms. The summed E-state index contributed by atoms with van der Waals surface area (Å²) in [6, 6.07) is 7.63. The molecule has 0 atom stereocenters. The summed E-state index contributed by atoms with van der Waals surface area (Å²) in [6.07, 6.45) is 1.94. The third-order valence-corrected chi connectivity index (χ3v) is 4.95. The van der Waals surface area contributed by atoms with Crippen molar-refractivity contribution in [1.82, 2.24) is 14.5 Å². The highest BCUT2D eigenvalue weighted by Crippen LogP contribution is 2.29. The molecule has 0 bridgehead atoms. The van der Waals surface area contributed by atoms with Crippen molar-refractivity contribution < 1.29 is 9.53 Å². The van der Waals surface area contributed by atoms with Gasteiger partial charge in [-0.1, -0.05) is 52.7 Å². The number of benzene rings is 1. The van der Waals surface area contributed by atoms with Crippen molar-refractivity contribution in [2.45, 2.75) is 47.1 Å². The van der Waals surface area contributed by atoms with E-state index in [0.29, 0.717) is 47.5 Å². The number of aromatic nitrogens is 3. The Balaban J connectivity index is 2.11. The lowest BCUT2D eigenvalue weighted by Gasteiger charge is -2.13. The molecule has 0 amide bonds. The number of hydrogen-bond acceptors (Lipinski definition) is 5. The molecule has 6 nitrogen and oxygen atoms in total. The standard InChI is InChI=1S/C21H28N4O2/c1-5-14(6-2)12-27-21(26)17-18-20(25(19(17)22)11-13(3)4)24-16-10-8-7-9-15(16)23-18/h7-10,13-14H,5-6,11-12,22H2,1-4H3. The monoisotopic (exact) mass is 368 g/mol. The highest BCUT2D eigenvalue weighted by molar-refractivity contribution is 6.08.